The Morgan fingerprint density at radius 2 is 1.85 bits per heavy atom. The lowest BCUT2D eigenvalue weighted by atomic mass is 10.0. The predicted molar refractivity (Wildman–Crippen MR) is 84.2 cm³/mol. The molecule has 0 saturated heterocycles. The van der Waals surface area contributed by atoms with Gasteiger partial charge in [-0.1, -0.05) is 0 Å². The summed E-state index contributed by atoms with van der Waals surface area (Å²) in [5.74, 6) is -1.22. The van der Waals surface area contributed by atoms with Crippen LogP contribution in [0.4, 0.5) is 13.2 Å². The van der Waals surface area contributed by atoms with Crippen LogP contribution in [0.1, 0.15) is 22.8 Å². The highest BCUT2D eigenvalue weighted by Crippen LogP contribution is 2.53. The molecule has 1 unspecified atom stereocenters. The average molecular weight is 394 g/mol. The van der Waals surface area contributed by atoms with Crippen molar-refractivity contribution in [1.29, 1.82) is 10.5 Å². The van der Waals surface area contributed by atoms with Gasteiger partial charge in [-0.25, -0.2) is 12.8 Å². The molecule has 10 heteroatoms. The molecular formula is C17H9F3N2O4S. The Morgan fingerprint density at radius 3 is 2.44 bits per heavy atom. The van der Waals surface area contributed by atoms with Crippen LogP contribution in [0.2, 0.25) is 0 Å². The molecule has 138 valence electrons. The lowest BCUT2D eigenvalue weighted by molar-refractivity contribution is -0.0615. The SMILES string of the molecule is COC1c2c(ccc(Oc3cc(F)cc(C#N)c3)c2C#N)S(=O)(=O)C1(F)F. The van der Waals surface area contributed by atoms with E-state index in [2.05, 4.69) is 4.74 Å². The molecule has 1 atom stereocenters. The molecular weight excluding hydrogens is 385 g/mol. The highest BCUT2D eigenvalue weighted by atomic mass is 32.2. The Hall–Kier alpha value is -3.08. The van der Waals surface area contributed by atoms with Gasteiger partial charge in [0, 0.05) is 18.7 Å². The molecule has 0 amide bonds. The maximum atomic E-state index is 14.3. The van der Waals surface area contributed by atoms with E-state index in [1.807, 2.05) is 0 Å². The zero-order valence-corrected chi connectivity index (χ0v) is 14.4. The van der Waals surface area contributed by atoms with Crippen LogP contribution in [0.3, 0.4) is 0 Å². The van der Waals surface area contributed by atoms with E-state index in [0.29, 0.717) is 0 Å². The third-order valence-electron chi connectivity index (χ3n) is 3.96. The number of hydrogen-bond acceptors (Lipinski definition) is 6. The first-order valence-corrected chi connectivity index (χ1v) is 8.76. The average Bonchev–Trinajstić information content (AvgIpc) is 2.76. The van der Waals surface area contributed by atoms with E-state index in [9.17, 15) is 26.9 Å². The third-order valence-corrected chi connectivity index (χ3v) is 5.82. The number of halogens is 3. The van der Waals surface area contributed by atoms with Gasteiger partial charge in [-0.2, -0.15) is 19.3 Å². The number of ether oxygens (including phenoxy) is 2. The molecule has 0 radical (unpaired) electrons. The highest BCUT2D eigenvalue weighted by Gasteiger charge is 2.62. The normalized spacial score (nSPS) is 19.0. The summed E-state index contributed by atoms with van der Waals surface area (Å²) in [6, 6.07) is 8.30. The molecule has 1 aliphatic rings. The molecule has 2 aromatic carbocycles. The molecule has 0 saturated carbocycles. The van der Waals surface area contributed by atoms with Gasteiger partial charge in [-0.15, -0.1) is 0 Å². The fourth-order valence-corrected chi connectivity index (χ4v) is 4.33. The van der Waals surface area contributed by atoms with E-state index in [1.165, 1.54) is 6.07 Å². The zero-order chi connectivity index (χ0) is 20.0. The fourth-order valence-electron chi connectivity index (χ4n) is 2.80. The summed E-state index contributed by atoms with van der Waals surface area (Å²) in [4.78, 5) is -0.736. The van der Waals surface area contributed by atoms with Gasteiger partial charge in [-0.3, -0.25) is 0 Å². The van der Waals surface area contributed by atoms with Crippen molar-refractivity contribution in [3.63, 3.8) is 0 Å². The summed E-state index contributed by atoms with van der Waals surface area (Å²) in [5.41, 5.74) is -1.07. The lowest BCUT2D eigenvalue weighted by Gasteiger charge is -2.17. The zero-order valence-electron chi connectivity index (χ0n) is 13.5. The van der Waals surface area contributed by atoms with Crippen molar-refractivity contribution in [2.45, 2.75) is 16.3 Å². The fraction of sp³-hybridized carbons (Fsp3) is 0.176. The van der Waals surface area contributed by atoms with Crippen LogP contribution in [0, 0.1) is 28.5 Å². The highest BCUT2D eigenvalue weighted by molar-refractivity contribution is 7.92. The number of nitriles is 2. The van der Waals surface area contributed by atoms with Gasteiger partial charge in [0.05, 0.1) is 16.5 Å². The summed E-state index contributed by atoms with van der Waals surface area (Å²) in [6.07, 6.45) is -2.20. The monoisotopic (exact) mass is 394 g/mol. The largest absolute Gasteiger partial charge is 0.456 e. The number of benzene rings is 2. The number of alkyl halides is 2. The van der Waals surface area contributed by atoms with Crippen LogP contribution < -0.4 is 4.74 Å². The van der Waals surface area contributed by atoms with Crippen molar-refractivity contribution in [2.75, 3.05) is 7.11 Å². The van der Waals surface area contributed by atoms with Crippen LogP contribution in [0.5, 0.6) is 11.5 Å². The summed E-state index contributed by atoms with van der Waals surface area (Å²) >= 11 is 0. The molecule has 0 fully saturated rings. The summed E-state index contributed by atoms with van der Waals surface area (Å²) in [5, 5.41) is 14.0. The van der Waals surface area contributed by atoms with E-state index >= 15 is 0 Å². The standard InChI is InChI=1S/C17H9F3N2O4S/c1-25-16-15-12(8-22)13(2-3-14(15)27(23,24)17(16,19)20)26-11-5-9(7-21)4-10(18)6-11/h2-6,16H,1H3. The van der Waals surface area contributed by atoms with Crippen LogP contribution in [0.25, 0.3) is 0 Å². The van der Waals surface area contributed by atoms with Gasteiger partial charge >= 0.3 is 5.25 Å². The number of rotatable bonds is 3. The minimum absolute atomic E-state index is 0.0615. The molecule has 3 rings (SSSR count). The van der Waals surface area contributed by atoms with Crippen LogP contribution in [-0.4, -0.2) is 20.8 Å². The summed E-state index contributed by atoms with van der Waals surface area (Å²) in [7, 11) is -4.16. The maximum Gasteiger partial charge on any atom is 0.379 e. The molecule has 1 aliphatic heterocycles. The Labute approximate surface area is 151 Å². The maximum absolute atomic E-state index is 14.3. The number of methoxy groups -OCH3 is 1. The van der Waals surface area contributed by atoms with E-state index in [-0.39, 0.29) is 17.1 Å². The molecule has 0 N–H and O–H groups in total. The molecule has 6 nitrogen and oxygen atoms in total. The smallest absolute Gasteiger partial charge is 0.379 e. The second-order valence-electron chi connectivity index (χ2n) is 5.53. The molecule has 0 aliphatic carbocycles. The van der Waals surface area contributed by atoms with Crippen LogP contribution >= 0.6 is 0 Å². The Bertz CT molecular complexity index is 1130. The summed E-state index contributed by atoms with van der Waals surface area (Å²) in [6.45, 7) is 0. The molecule has 2 aromatic rings. The second-order valence-corrected chi connectivity index (χ2v) is 7.52. The van der Waals surface area contributed by atoms with Gasteiger partial charge in [0.1, 0.15) is 28.9 Å². The Balaban J connectivity index is 2.19. The van der Waals surface area contributed by atoms with E-state index in [1.54, 1.807) is 12.1 Å². The van der Waals surface area contributed by atoms with Gasteiger partial charge in [0.25, 0.3) is 0 Å². The first-order chi connectivity index (χ1) is 12.7. The number of fused-ring (bicyclic) bond motifs is 1. The van der Waals surface area contributed by atoms with Crippen molar-refractivity contribution >= 4 is 9.84 Å². The van der Waals surface area contributed by atoms with Crippen LogP contribution in [0.15, 0.2) is 35.2 Å². The Kier molecular flexibility index (Phi) is 4.34. The predicted octanol–water partition coefficient (Wildman–Crippen LogP) is 3.43. The van der Waals surface area contributed by atoms with E-state index < -0.39 is 43.0 Å². The van der Waals surface area contributed by atoms with Gasteiger partial charge < -0.3 is 9.47 Å². The van der Waals surface area contributed by atoms with Crippen molar-refractivity contribution < 1.29 is 31.1 Å². The lowest BCUT2D eigenvalue weighted by Crippen LogP contribution is -2.30. The van der Waals surface area contributed by atoms with E-state index in [0.717, 1.165) is 31.4 Å². The second kappa shape index (κ2) is 6.27. The quantitative estimate of drug-likeness (QED) is 0.791. The van der Waals surface area contributed by atoms with Crippen LogP contribution in [-0.2, 0) is 14.6 Å². The first-order valence-electron chi connectivity index (χ1n) is 7.28. The molecule has 0 bridgehead atoms. The molecule has 0 aromatic heterocycles. The van der Waals surface area contributed by atoms with Gasteiger partial charge in [-0.05, 0) is 24.3 Å². The molecule has 1 heterocycles. The van der Waals surface area contributed by atoms with Gasteiger partial charge in [0.2, 0.25) is 9.84 Å². The molecule has 27 heavy (non-hydrogen) atoms. The Morgan fingerprint density at radius 1 is 1.15 bits per heavy atom. The van der Waals surface area contributed by atoms with E-state index in [4.69, 9.17) is 10.00 Å². The number of sulfone groups is 1. The van der Waals surface area contributed by atoms with Crippen molar-refractivity contribution in [3.05, 3.63) is 52.8 Å². The van der Waals surface area contributed by atoms with Crippen molar-refractivity contribution in [2.24, 2.45) is 0 Å². The first kappa shape index (κ1) is 18.7. The topological polar surface area (TPSA) is 100 Å². The molecule has 0 spiro atoms. The van der Waals surface area contributed by atoms with Crippen molar-refractivity contribution in [3.8, 4) is 23.6 Å². The minimum atomic E-state index is -5.05. The number of nitrogens with zero attached hydrogens (tertiary/aromatic N) is 2. The summed E-state index contributed by atoms with van der Waals surface area (Å²) < 4.78 is 76.2. The minimum Gasteiger partial charge on any atom is -0.456 e. The van der Waals surface area contributed by atoms with Crippen molar-refractivity contribution in [1.82, 2.24) is 0 Å². The van der Waals surface area contributed by atoms with Gasteiger partial charge in [0.15, 0.2) is 6.10 Å². The third kappa shape index (κ3) is 2.70. The number of hydrogen-bond donors (Lipinski definition) is 0.